The molecule has 5 nitrogen and oxygen atoms in total. The Labute approximate surface area is 89.7 Å². The molecule has 0 saturated carbocycles. The van der Waals surface area contributed by atoms with Crippen molar-refractivity contribution in [3.05, 3.63) is 28.6 Å². The van der Waals surface area contributed by atoms with Crippen LogP contribution in [-0.2, 0) is 16.1 Å². The summed E-state index contributed by atoms with van der Waals surface area (Å²) in [5.41, 5.74) is 0.290. The van der Waals surface area contributed by atoms with E-state index in [9.17, 15) is 13.2 Å². The number of hydrogen-bond donors (Lipinski definition) is 1. The molecular weight excluding hydrogens is 240 g/mol. The normalized spacial score (nSPS) is 12.1. The van der Waals surface area contributed by atoms with Crippen molar-refractivity contribution >= 4 is 30.6 Å². The number of benzene rings is 1. The first kappa shape index (κ1) is 10.3. The lowest BCUT2D eigenvalue weighted by molar-refractivity contribution is 0.609. The minimum absolute atomic E-state index is 0.0756. The highest BCUT2D eigenvalue weighted by Gasteiger charge is 2.12. The number of rotatable bonds is 1. The molecule has 0 bridgehead atoms. The van der Waals surface area contributed by atoms with Crippen LogP contribution in [0.5, 0.6) is 0 Å². The smallest absolute Gasteiger partial charge is 0.274 e. The van der Waals surface area contributed by atoms with Crippen LogP contribution in [0.4, 0.5) is 0 Å². The fourth-order valence-electron chi connectivity index (χ4n) is 1.36. The largest absolute Gasteiger partial charge is 0.295 e. The van der Waals surface area contributed by atoms with Gasteiger partial charge in [0.1, 0.15) is 0 Å². The van der Waals surface area contributed by atoms with Crippen LogP contribution in [0.15, 0.2) is 27.9 Å². The lowest BCUT2D eigenvalue weighted by Gasteiger charge is -1.94. The molecule has 0 aliphatic carbocycles. The summed E-state index contributed by atoms with van der Waals surface area (Å²) in [7, 11) is 2.93. The van der Waals surface area contributed by atoms with Gasteiger partial charge in [0.15, 0.2) is 0 Å². The predicted octanol–water partition coefficient (Wildman–Crippen LogP) is 0.794. The molecule has 1 heterocycles. The van der Waals surface area contributed by atoms with Gasteiger partial charge in [0.2, 0.25) is 0 Å². The van der Waals surface area contributed by atoms with Crippen LogP contribution >= 0.6 is 10.7 Å². The molecule has 0 saturated heterocycles. The molecule has 2 aromatic rings. The molecule has 15 heavy (non-hydrogen) atoms. The maximum absolute atomic E-state index is 11.5. The zero-order valence-corrected chi connectivity index (χ0v) is 9.26. The summed E-state index contributed by atoms with van der Waals surface area (Å²) in [6.07, 6.45) is 0. The van der Waals surface area contributed by atoms with Crippen LogP contribution in [0.2, 0.25) is 0 Å². The summed E-state index contributed by atoms with van der Waals surface area (Å²) in [4.78, 5) is 11.4. The van der Waals surface area contributed by atoms with Crippen molar-refractivity contribution in [2.24, 2.45) is 7.05 Å². The van der Waals surface area contributed by atoms with Gasteiger partial charge in [-0.15, -0.1) is 0 Å². The minimum Gasteiger partial charge on any atom is -0.295 e. The summed E-state index contributed by atoms with van der Waals surface area (Å²) in [5, 5.41) is 3.08. The molecule has 0 amide bonds. The molecule has 0 unspecified atom stereocenters. The van der Waals surface area contributed by atoms with Gasteiger partial charge in [-0.1, -0.05) is 0 Å². The van der Waals surface area contributed by atoms with Crippen molar-refractivity contribution < 1.29 is 8.42 Å². The van der Waals surface area contributed by atoms with Crippen molar-refractivity contribution in [1.82, 2.24) is 9.78 Å². The molecule has 0 fully saturated rings. The number of nitrogens with zero attached hydrogens (tertiary/aromatic N) is 1. The number of nitrogens with one attached hydrogen (secondary N) is 1. The van der Waals surface area contributed by atoms with Crippen molar-refractivity contribution in [3.8, 4) is 0 Å². The third-order valence-corrected chi connectivity index (χ3v) is 3.45. The molecule has 2 rings (SSSR count). The topological polar surface area (TPSA) is 71.9 Å². The quantitative estimate of drug-likeness (QED) is 0.757. The summed E-state index contributed by atoms with van der Waals surface area (Å²) >= 11 is 0. The standard InChI is InChI=1S/C8H7ClN2O3S/c1-11-8(12)6-4-5(15(9,13)14)2-3-7(6)10-11/h2-4,10H,1H3. The van der Waals surface area contributed by atoms with Crippen molar-refractivity contribution in [1.29, 1.82) is 0 Å². The van der Waals surface area contributed by atoms with E-state index in [0.717, 1.165) is 0 Å². The van der Waals surface area contributed by atoms with E-state index >= 15 is 0 Å². The van der Waals surface area contributed by atoms with E-state index in [-0.39, 0.29) is 10.5 Å². The Morgan fingerprint density at radius 1 is 1.40 bits per heavy atom. The molecular formula is C8H7ClN2O3S. The van der Waals surface area contributed by atoms with Crippen molar-refractivity contribution in [2.45, 2.75) is 4.90 Å². The van der Waals surface area contributed by atoms with Gasteiger partial charge < -0.3 is 0 Å². The highest BCUT2D eigenvalue weighted by atomic mass is 35.7. The Bertz CT molecular complexity index is 683. The first-order valence-corrected chi connectivity index (χ1v) is 6.34. The van der Waals surface area contributed by atoms with E-state index in [0.29, 0.717) is 10.9 Å². The Kier molecular flexibility index (Phi) is 2.13. The molecule has 0 aliphatic heterocycles. The summed E-state index contributed by atoms with van der Waals surface area (Å²) < 4.78 is 23.4. The molecule has 0 radical (unpaired) electrons. The second kappa shape index (κ2) is 3.11. The number of aromatic nitrogens is 2. The highest BCUT2D eigenvalue weighted by molar-refractivity contribution is 8.13. The van der Waals surface area contributed by atoms with Crippen molar-refractivity contribution in [3.63, 3.8) is 0 Å². The number of halogens is 1. The van der Waals surface area contributed by atoms with E-state index in [1.165, 1.54) is 22.9 Å². The second-order valence-corrected chi connectivity index (χ2v) is 5.69. The van der Waals surface area contributed by atoms with Crippen LogP contribution in [0.25, 0.3) is 10.9 Å². The number of aryl methyl sites for hydroxylation is 1. The maximum atomic E-state index is 11.5. The fourth-order valence-corrected chi connectivity index (χ4v) is 2.14. The molecule has 0 spiro atoms. The molecule has 7 heteroatoms. The van der Waals surface area contributed by atoms with E-state index in [2.05, 4.69) is 5.10 Å². The summed E-state index contributed by atoms with van der Waals surface area (Å²) in [6, 6.07) is 4.11. The van der Waals surface area contributed by atoms with Gasteiger partial charge in [-0.25, -0.2) is 8.42 Å². The third-order valence-electron chi connectivity index (χ3n) is 2.10. The molecule has 1 aromatic heterocycles. The summed E-state index contributed by atoms with van der Waals surface area (Å²) in [6.45, 7) is 0. The first-order valence-electron chi connectivity index (χ1n) is 4.03. The number of aromatic amines is 1. The van der Waals surface area contributed by atoms with E-state index in [1.54, 1.807) is 7.05 Å². The molecule has 0 aliphatic rings. The van der Waals surface area contributed by atoms with Gasteiger partial charge in [0, 0.05) is 17.7 Å². The van der Waals surface area contributed by atoms with Gasteiger partial charge in [0.05, 0.1) is 15.8 Å². The molecule has 80 valence electrons. The van der Waals surface area contributed by atoms with Crippen LogP contribution in [0, 0.1) is 0 Å². The molecule has 1 N–H and O–H groups in total. The first-order chi connectivity index (χ1) is 6.89. The van der Waals surface area contributed by atoms with Crippen LogP contribution < -0.4 is 5.56 Å². The van der Waals surface area contributed by atoms with Crippen molar-refractivity contribution in [2.75, 3.05) is 0 Å². The number of hydrogen-bond acceptors (Lipinski definition) is 3. The average molecular weight is 247 g/mol. The van der Waals surface area contributed by atoms with Crippen LogP contribution in [-0.4, -0.2) is 18.2 Å². The Morgan fingerprint density at radius 2 is 2.07 bits per heavy atom. The molecule has 0 atom stereocenters. The molecule has 1 aromatic carbocycles. The average Bonchev–Trinajstić information content (AvgIpc) is 2.41. The van der Waals surface area contributed by atoms with E-state index in [4.69, 9.17) is 10.7 Å². The van der Waals surface area contributed by atoms with Gasteiger partial charge in [0.25, 0.3) is 14.6 Å². The second-order valence-electron chi connectivity index (χ2n) is 3.12. The van der Waals surface area contributed by atoms with Crippen LogP contribution in [0.1, 0.15) is 0 Å². The maximum Gasteiger partial charge on any atom is 0.274 e. The number of H-pyrrole nitrogens is 1. The third kappa shape index (κ3) is 1.66. The Balaban J connectivity index is 2.87. The lowest BCUT2D eigenvalue weighted by Crippen LogP contribution is -2.11. The Hall–Kier alpha value is -1.27. The summed E-state index contributed by atoms with van der Waals surface area (Å²) in [5.74, 6) is 0. The SMILES string of the molecule is Cn1[nH]c2ccc(S(=O)(=O)Cl)cc2c1=O. The van der Waals surface area contributed by atoms with E-state index in [1.807, 2.05) is 0 Å². The van der Waals surface area contributed by atoms with Gasteiger partial charge >= 0.3 is 0 Å². The van der Waals surface area contributed by atoms with Gasteiger partial charge in [-0.3, -0.25) is 14.6 Å². The van der Waals surface area contributed by atoms with Gasteiger partial charge in [-0.05, 0) is 18.2 Å². The van der Waals surface area contributed by atoms with Gasteiger partial charge in [-0.2, -0.15) is 0 Å². The Morgan fingerprint density at radius 3 is 2.67 bits per heavy atom. The lowest BCUT2D eigenvalue weighted by atomic mass is 10.2. The van der Waals surface area contributed by atoms with E-state index < -0.39 is 9.05 Å². The zero-order chi connectivity index (χ0) is 11.2. The highest BCUT2D eigenvalue weighted by Crippen LogP contribution is 2.18. The monoisotopic (exact) mass is 246 g/mol. The zero-order valence-electron chi connectivity index (χ0n) is 7.69. The fraction of sp³-hybridized carbons (Fsp3) is 0.125. The number of fused-ring (bicyclic) bond motifs is 1. The van der Waals surface area contributed by atoms with Crippen LogP contribution in [0.3, 0.4) is 0 Å². The minimum atomic E-state index is -3.79. The predicted molar refractivity (Wildman–Crippen MR) is 56.6 cm³/mol.